The van der Waals surface area contributed by atoms with Crippen molar-refractivity contribution in [1.82, 2.24) is 25.1 Å². The van der Waals surface area contributed by atoms with Gasteiger partial charge in [-0.25, -0.2) is 9.97 Å². The number of aromatic nitrogens is 4. The minimum Gasteiger partial charge on any atom is -0.367 e. The van der Waals surface area contributed by atoms with E-state index in [9.17, 15) is 4.79 Å². The van der Waals surface area contributed by atoms with Crippen LogP contribution in [0, 0.1) is 19.8 Å². The molecule has 2 atom stereocenters. The fourth-order valence-electron chi connectivity index (χ4n) is 4.68. The number of anilines is 2. The van der Waals surface area contributed by atoms with Crippen molar-refractivity contribution in [2.24, 2.45) is 13.0 Å². The van der Waals surface area contributed by atoms with E-state index in [2.05, 4.69) is 36.7 Å². The van der Waals surface area contributed by atoms with Crippen molar-refractivity contribution in [3.63, 3.8) is 0 Å². The molecule has 1 saturated heterocycles. The number of piperidine rings is 1. The molecular weight excluding hydrogens is 390 g/mol. The van der Waals surface area contributed by atoms with Gasteiger partial charge in [0.05, 0.1) is 11.7 Å². The Bertz CT molecular complexity index is 921. The summed E-state index contributed by atoms with van der Waals surface area (Å²) in [6, 6.07) is 2.62. The molecule has 168 valence electrons. The monoisotopic (exact) mass is 425 g/mol. The molecule has 2 N–H and O–H groups in total. The first-order valence-corrected chi connectivity index (χ1v) is 11.5. The SMILES string of the molecule is Cc1nn(C)c(C)c1[C@@H](C)NC(=O)CC[C@H]1CCCN(c2cc(NC3CC3)ncn2)C1. The Morgan fingerprint density at radius 2 is 2.06 bits per heavy atom. The molecule has 2 aromatic rings. The number of amides is 1. The Balaban J connectivity index is 1.28. The maximum absolute atomic E-state index is 12.6. The third-order valence-electron chi connectivity index (χ3n) is 6.58. The number of hydrogen-bond donors (Lipinski definition) is 2. The van der Waals surface area contributed by atoms with Crippen LogP contribution in [0.15, 0.2) is 12.4 Å². The lowest BCUT2D eigenvalue weighted by molar-refractivity contribution is -0.122. The molecule has 8 nitrogen and oxygen atoms in total. The molecule has 1 aliphatic carbocycles. The summed E-state index contributed by atoms with van der Waals surface area (Å²) >= 11 is 0. The largest absolute Gasteiger partial charge is 0.367 e. The average molecular weight is 426 g/mol. The smallest absolute Gasteiger partial charge is 0.220 e. The van der Waals surface area contributed by atoms with E-state index in [0.29, 0.717) is 18.4 Å². The van der Waals surface area contributed by atoms with Crippen molar-refractivity contribution in [1.29, 1.82) is 0 Å². The lowest BCUT2D eigenvalue weighted by Gasteiger charge is -2.33. The van der Waals surface area contributed by atoms with Crippen LogP contribution in [0.5, 0.6) is 0 Å². The van der Waals surface area contributed by atoms with Gasteiger partial charge in [-0.1, -0.05) is 0 Å². The minimum absolute atomic E-state index is 0.0255. The highest BCUT2D eigenvalue weighted by Crippen LogP contribution is 2.28. The lowest BCUT2D eigenvalue weighted by Crippen LogP contribution is -2.36. The number of nitrogens with zero attached hydrogens (tertiary/aromatic N) is 5. The first-order chi connectivity index (χ1) is 14.9. The standard InChI is InChI=1S/C23H35N7O/c1-15(23-16(2)28-29(4)17(23)3)26-22(31)10-7-18-6-5-11-30(13-18)21-12-20(24-14-25-21)27-19-8-9-19/h12,14-15,18-19H,5-11,13H2,1-4H3,(H,26,31)(H,24,25,27)/t15-,18-/m1/s1. The van der Waals surface area contributed by atoms with Crippen LogP contribution in [0.3, 0.4) is 0 Å². The number of carbonyl (C=O) groups excluding carboxylic acids is 1. The highest BCUT2D eigenvalue weighted by molar-refractivity contribution is 5.76. The first kappa shape index (κ1) is 21.6. The molecule has 0 radical (unpaired) electrons. The molecule has 0 aromatic carbocycles. The van der Waals surface area contributed by atoms with Crippen molar-refractivity contribution < 1.29 is 4.79 Å². The van der Waals surface area contributed by atoms with Gasteiger partial charge in [0.25, 0.3) is 0 Å². The van der Waals surface area contributed by atoms with Gasteiger partial charge in [0.2, 0.25) is 5.91 Å². The fourth-order valence-corrected chi connectivity index (χ4v) is 4.68. The van der Waals surface area contributed by atoms with E-state index >= 15 is 0 Å². The van der Waals surface area contributed by atoms with Crippen LogP contribution < -0.4 is 15.5 Å². The van der Waals surface area contributed by atoms with Crippen LogP contribution in [0.2, 0.25) is 0 Å². The topological polar surface area (TPSA) is 88.0 Å². The van der Waals surface area contributed by atoms with E-state index in [4.69, 9.17) is 0 Å². The normalized spacial score (nSPS) is 19.9. The highest BCUT2D eigenvalue weighted by Gasteiger charge is 2.25. The zero-order chi connectivity index (χ0) is 22.0. The van der Waals surface area contributed by atoms with E-state index in [0.717, 1.165) is 54.5 Å². The van der Waals surface area contributed by atoms with Gasteiger partial charge in [0.15, 0.2) is 0 Å². The Morgan fingerprint density at radius 1 is 1.26 bits per heavy atom. The van der Waals surface area contributed by atoms with Crippen LogP contribution in [0.25, 0.3) is 0 Å². The summed E-state index contributed by atoms with van der Waals surface area (Å²) in [7, 11) is 1.94. The van der Waals surface area contributed by atoms with Gasteiger partial charge in [0, 0.05) is 49.9 Å². The zero-order valence-electron chi connectivity index (χ0n) is 19.2. The van der Waals surface area contributed by atoms with Gasteiger partial charge in [-0.15, -0.1) is 0 Å². The van der Waals surface area contributed by atoms with Crippen LogP contribution in [0.1, 0.15) is 68.4 Å². The number of rotatable bonds is 8. The second-order valence-corrected chi connectivity index (χ2v) is 9.17. The van der Waals surface area contributed by atoms with E-state index < -0.39 is 0 Å². The van der Waals surface area contributed by atoms with Crippen LogP contribution in [-0.4, -0.2) is 44.8 Å². The van der Waals surface area contributed by atoms with Crippen molar-refractivity contribution in [3.8, 4) is 0 Å². The molecule has 2 aromatic heterocycles. The third kappa shape index (κ3) is 5.35. The van der Waals surface area contributed by atoms with Crippen molar-refractivity contribution in [2.45, 2.75) is 71.4 Å². The Morgan fingerprint density at radius 3 is 2.77 bits per heavy atom. The molecule has 0 spiro atoms. The third-order valence-corrected chi connectivity index (χ3v) is 6.58. The van der Waals surface area contributed by atoms with E-state index in [1.807, 2.05) is 32.5 Å². The second kappa shape index (κ2) is 9.24. The molecule has 2 aliphatic rings. The molecular formula is C23H35N7O. The van der Waals surface area contributed by atoms with E-state index in [1.165, 1.54) is 19.3 Å². The van der Waals surface area contributed by atoms with Gasteiger partial charge in [-0.05, 0) is 58.8 Å². The summed E-state index contributed by atoms with van der Waals surface area (Å²) in [6.45, 7) is 8.05. The minimum atomic E-state index is -0.0255. The average Bonchev–Trinajstić information content (AvgIpc) is 3.52. The summed E-state index contributed by atoms with van der Waals surface area (Å²) in [5.74, 6) is 2.53. The van der Waals surface area contributed by atoms with E-state index in [1.54, 1.807) is 6.33 Å². The quantitative estimate of drug-likeness (QED) is 0.675. The molecule has 31 heavy (non-hydrogen) atoms. The first-order valence-electron chi connectivity index (χ1n) is 11.5. The molecule has 0 unspecified atom stereocenters. The van der Waals surface area contributed by atoms with Crippen LogP contribution >= 0.6 is 0 Å². The number of nitrogens with one attached hydrogen (secondary N) is 2. The highest BCUT2D eigenvalue weighted by atomic mass is 16.1. The Hall–Kier alpha value is -2.64. The zero-order valence-corrected chi connectivity index (χ0v) is 19.2. The van der Waals surface area contributed by atoms with Crippen molar-refractivity contribution >= 4 is 17.5 Å². The van der Waals surface area contributed by atoms with E-state index in [-0.39, 0.29) is 11.9 Å². The molecule has 1 saturated carbocycles. The molecule has 0 bridgehead atoms. The van der Waals surface area contributed by atoms with Gasteiger partial charge in [-0.2, -0.15) is 5.10 Å². The van der Waals surface area contributed by atoms with Crippen molar-refractivity contribution in [2.75, 3.05) is 23.3 Å². The van der Waals surface area contributed by atoms with Crippen molar-refractivity contribution in [3.05, 3.63) is 29.3 Å². The predicted molar refractivity (Wildman–Crippen MR) is 122 cm³/mol. The van der Waals surface area contributed by atoms with Crippen LogP contribution in [0.4, 0.5) is 11.6 Å². The predicted octanol–water partition coefficient (Wildman–Crippen LogP) is 3.28. The summed E-state index contributed by atoms with van der Waals surface area (Å²) in [6.07, 6.45) is 7.86. The molecule has 8 heteroatoms. The summed E-state index contributed by atoms with van der Waals surface area (Å²) in [5, 5.41) is 11.1. The lowest BCUT2D eigenvalue weighted by atomic mass is 9.93. The van der Waals surface area contributed by atoms with Crippen LogP contribution in [-0.2, 0) is 11.8 Å². The summed E-state index contributed by atoms with van der Waals surface area (Å²) in [5.41, 5.74) is 3.21. The van der Waals surface area contributed by atoms with Gasteiger partial charge < -0.3 is 15.5 Å². The molecule has 4 rings (SSSR count). The fraction of sp³-hybridized carbons (Fsp3) is 0.652. The van der Waals surface area contributed by atoms with Gasteiger partial charge in [-0.3, -0.25) is 9.48 Å². The number of hydrogen-bond acceptors (Lipinski definition) is 6. The molecule has 2 fully saturated rings. The van der Waals surface area contributed by atoms with Gasteiger partial charge >= 0.3 is 0 Å². The molecule has 1 aliphatic heterocycles. The Kier molecular flexibility index (Phi) is 6.43. The summed E-state index contributed by atoms with van der Waals surface area (Å²) in [4.78, 5) is 23.8. The summed E-state index contributed by atoms with van der Waals surface area (Å²) < 4.78 is 1.88. The number of aryl methyl sites for hydroxylation is 2. The Labute approximate surface area is 184 Å². The number of carbonyl (C=O) groups is 1. The second-order valence-electron chi connectivity index (χ2n) is 9.17. The van der Waals surface area contributed by atoms with Gasteiger partial charge in [0.1, 0.15) is 18.0 Å². The maximum Gasteiger partial charge on any atom is 0.220 e. The molecule has 3 heterocycles. The maximum atomic E-state index is 12.6. The molecule has 1 amide bonds.